The number of H-pyrrole nitrogens is 1. The van der Waals surface area contributed by atoms with Crippen molar-refractivity contribution in [2.75, 3.05) is 5.32 Å². The maximum absolute atomic E-state index is 4.39. The standard InChI is InChI=1S/C13H12BrN3S/c1-8-16-12-3-2-10(5-13(12)17-8)15-6-11-4-9(14)7-18-11/h2-5,7,15H,6H2,1H3,(H,16,17). The summed E-state index contributed by atoms with van der Waals surface area (Å²) in [6, 6.07) is 8.32. The van der Waals surface area contributed by atoms with Crippen molar-refractivity contribution in [2.24, 2.45) is 0 Å². The van der Waals surface area contributed by atoms with Crippen LogP contribution in [0, 0.1) is 6.92 Å². The molecule has 0 bridgehead atoms. The van der Waals surface area contributed by atoms with Crippen LogP contribution in [0.2, 0.25) is 0 Å². The molecule has 2 N–H and O–H groups in total. The molecule has 0 saturated carbocycles. The number of rotatable bonds is 3. The fourth-order valence-electron chi connectivity index (χ4n) is 1.88. The van der Waals surface area contributed by atoms with Crippen LogP contribution < -0.4 is 5.32 Å². The molecule has 0 aliphatic rings. The van der Waals surface area contributed by atoms with E-state index >= 15 is 0 Å². The minimum absolute atomic E-state index is 0.842. The second-order valence-corrected chi connectivity index (χ2v) is 6.05. The van der Waals surface area contributed by atoms with Crippen LogP contribution in [0.15, 0.2) is 34.1 Å². The van der Waals surface area contributed by atoms with Gasteiger partial charge >= 0.3 is 0 Å². The highest BCUT2D eigenvalue weighted by Crippen LogP contribution is 2.22. The van der Waals surface area contributed by atoms with Gasteiger partial charge in [-0.25, -0.2) is 4.98 Å². The maximum atomic E-state index is 4.39. The number of anilines is 1. The van der Waals surface area contributed by atoms with Crippen LogP contribution >= 0.6 is 27.3 Å². The van der Waals surface area contributed by atoms with Crippen LogP contribution in [0.3, 0.4) is 0 Å². The van der Waals surface area contributed by atoms with E-state index in [0.29, 0.717) is 0 Å². The van der Waals surface area contributed by atoms with Crippen LogP contribution in [0.1, 0.15) is 10.7 Å². The van der Waals surface area contributed by atoms with E-state index in [1.807, 2.05) is 13.0 Å². The van der Waals surface area contributed by atoms with Crippen LogP contribution in [0.4, 0.5) is 5.69 Å². The van der Waals surface area contributed by atoms with Gasteiger partial charge in [0.25, 0.3) is 0 Å². The van der Waals surface area contributed by atoms with E-state index < -0.39 is 0 Å². The van der Waals surface area contributed by atoms with E-state index in [1.165, 1.54) is 4.88 Å². The van der Waals surface area contributed by atoms with Crippen LogP contribution in [-0.2, 0) is 6.54 Å². The summed E-state index contributed by atoms with van der Waals surface area (Å²) < 4.78 is 1.14. The maximum Gasteiger partial charge on any atom is 0.104 e. The molecule has 0 unspecified atom stereocenters. The van der Waals surface area contributed by atoms with Gasteiger partial charge in [-0.15, -0.1) is 11.3 Å². The molecule has 92 valence electrons. The Kier molecular flexibility index (Phi) is 3.09. The molecule has 0 atom stereocenters. The highest BCUT2D eigenvalue weighted by molar-refractivity contribution is 9.10. The third-order valence-electron chi connectivity index (χ3n) is 2.69. The van der Waals surface area contributed by atoms with Gasteiger partial charge in [-0.2, -0.15) is 0 Å². The predicted octanol–water partition coefficient (Wildman–Crippen LogP) is 4.31. The van der Waals surface area contributed by atoms with E-state index in [-0.39, 0.29) is 0 Å². The number of hydrogen-bond acceptors (Lipinski definition) is 3. The number of nitrogens with one attached hydrogen (secondary N) is 2. The topological polar surface area (TPSA) is 40.7 Å². The number of nitrogens with zero attached hydrogens (tertiary/aromatic N) is 1. The second-order valence-electron chi connectivity index (χ2n) is 4.14. The zero-order valence-corrected chi connectivity index (χ0v) is 12.2. The lowest BCUT2D eigenvalue weighted by Gasteiger charge is -2.04. The van der Waals surface area contributed by atoms with E-state index in [2.05, 4.69) is 54.8 Å². The lowest BCUT2D eigenvalue weighted by molar-refractivity contribution is 1.17. The second kappa shape index (κ2) is 4.74. The molecule has 2 aromatic heterocycles. The molecule has 2 heterocycles. The van der Waals surface area contributed by atoms with Crippen molar-refractivity contribution in [1.29, 1.82) is 0 Å². The molecule has 0 amide bonds. The quantitative estimate of drug-likeness (QED) is 0.754. The summed E-state index contributed by atoms with van der Waals surface area (Å²) in [6.07, 6.45) is 0. The number of hydrogen-bond donors (Lipinski definition) is 2. The molecule has 1 aromatic carbocycles. The Morgan fingerprint density at radius 3 is 3.06 bits per heavy atom. The Bertz CT molecular complexity index is 686. The van der Waals surface area contributed by atoms with Crippen LogP contribution in [-0.4, -0.2) is 9.97 Å². The van der Waals surface area contributed by atoms with Gasteiger partial charge in [0.05, 0.1) is 11.0 Å². The fraction of sp³-hybridized carbons (Fsp3) is 0.154. The average Bonchev–Trinajstić information content (AvgIpc) is 2.90. The summed E-state index contributed by atoms with van der Waals surface area (Å²) in [5, 5.41) is 5.51. The van der Waals surface area contributed by atoms with Crippen molar-refractivity contribution in [1.82, 2.24) is 9.97 Å². The summed E-state index contributed by atoms with van der Waals surface area (Å²) in [4.78, 5) is 8.94. The summed E-state index contributed by atoms with van der Waals surface area (Å²) in [7, 11) is 0. The monoisotopic (exact) mass is 321 g/mol. The molecule has 0 fully saturated rings. The SMILES string of the molecule is Cc1nc2ccc(NCc3cc(Br)cs3)cc2[nH]1. The third kappa shape index (κ3) is 2.42. The highest BCUT2D eigenvalue weighted by Gasteiger charge is 2.01. The molecule has 18 heavy (non-hydrogen) atoms. The van der Waals surface area contributed by atoms with Gasteiger partial charge in [0.15, 0.2) is 0 Å². The van der Waals surface area contributed by atoms with Gasteiger partial charge in [0.1, 0.15) is 5.82 Å². The van der Waals surface area contributed by atoms with E-state index in [4.69, 9.17) is 0 Å². The van der Waals surface area contributed by atoms with Crippen molar-refractivity contribution in [2.45, 2.75) is 13.5 Å². The first-order chi connectivity index (χ1) is 8.70. The number of imidazole rings is 1. The lowest BCUT2D eigenvalue weighted by Crippen LogP contribution is -1.96. The minimum Gasteiger partial charge on any atom is -0.380 e. The Labute approximate surface area is 117 Å². The largest absolute Gasteiger partial charge is 0.380 e. The summed E-state index contributed by atoms with van der Waals surface area (Å²) in [6.45, 7) is 2.81. The first-order valence-electron chi connectivity index (χ1n) is 5.64. The first-order valence-corrected chi connectivity index (χ1v) is 7.31. The molecule has 0 aliphatic carbocycles. The Morgan fingerprint density at radius 1 is 1.39 bits per heavy atom. The molecule has 0 radical (unpaired) electrons. The number of aromatic nitrogens is 2. The normalized spacial score (nSPS) is 11.0. The lowest BCUT2D eigenvalue weighted by atomic mass is 10.2. The summed E-state index contributed by atoms with van der Waals surface area (Å²) in [5.41, 5.74) is 3.19. The predicted molar refractivity (Wildman–Crippen MR) is 80.2 cm³/mol. The van der Waals surface area contributed by atoms with Gasteiger partial charge < -0.3 is 10.3 Å². The molecule has 3 rings (SSSR count). The van der Waals surface area contributed by atoms with Crippen molar-refractivity contribution >= 4 is 44.0 Å². The van der Waals surface area contributed by atoms with E-state index in [0.717, 1.165) is 33.6 Å². The third-order valence-corrected chi connectivity index (χ3v) is 4.39. The molecule has 0 spiro atoms. The smallest absolute Gasteiger partial charge is 0.104 e. The molecular weight excluding hydrogens is 310 g/mol. The minimum atomic E-state index is 0.842. The van der Waals surface area contributed by atoms with Gasteiger partial charge in [0, 0.05) is 27.0 Å². The Hall–Kier alpha value is -1.33. The van der Waals surface area contributed by atoms with E-state index in [1.54, 1.807) is 11.3 Å². The van der Waals surface area contributed by atoms with Gasteiger partial charge in [-0.1, -0.05) is 0 Å². The van der Waals surface area contributed by atoms with Crippen LogP contribution in [0.25, 0.3) is 11.0 Å². The number of halogens is 1. The Morgan fingerprint density at radius 2 is 2.28 bits per heavy atom. The molecule has 3 nitrogen and oxygen atoms in total. The van der Waals surface area contributed by atoms with Crippen molar-refractivity contribution in [3.05, 3.63) is 44.8 Å². The molecule has 0 saturated heterocycles. The van der Waals surface area contributed by atoms with Gasteiger partial charge in [-0.05, 0) is 47.1 Å². The van der Waals surface area contributed by atoms with Gasteiger partial charge in [0.2, 0.25) is 0 Å². The number of benzene rings is 1. The number of thiophene rings is 1. The van der Waals surface area contributed by atoms with Crippen molar-refractivity contribution < 1.29 is 0 Å². The number of aryl methyl sites for hydroxylation is 1. The van der Waals surface area contributed by atoms with Crippen molar-refractivity contribution in [3.8, 4) is 0 Å². The summed E-state index contributed by atoms with van der Waals surface area (Å²) >= 11 is 5.21. The molecule has 5 heteroatoms. The zero-order chi connectivity index (χ0) is 12.5. The molecule has 0 aliphatic heterocycles. The fourth-order valence-corrected chi connectivity index (χ4v) is 3.27. The highest BCUT2D eigenvalue weighted by atomic mass is 79.9. The van der Waals surface area contributed by atoms with E-state index in [9.17, 15) is 0 Å². The Balaban J connectivity index is 1.78. The molecule has 3 aromatic rings. The molecular formula is C13H12BrN3S. The number of aromatic amines is 1. The number of fused-ring (bicyclic) bond motifs is 1. The summed E-state index contributed by atoms with van der Waals surface area (Å²) in [5.74, 6) is 0.948. The van der Waals surface area contributed by atoms with Gasteiger partial charge in [-0.3, -0.25) is 0 Å². The van der Waals surface area contributed by atoms with Crippen LogP contribution in [0.5, 0.6) is 0 Å². The first kappa shape index (κ1) is 11.7. The van der Waals surface area contributed by atoms with Crippen molar-refractivity contribution in [3.63, 3.8) is 0 Å². The average molecular weight is 322 g/mol. The zero-order valence-electron chi connectivity index (χ0n) is 9.83.